The number of rotatable bonds is 4. The molecule has 0 atom stereocenters. The Kier molecular flexibility index (Phi) is 3.79. The summed E-state index contributed by atoms with van der Waals surface area (Å²) in [7, 11) is 1.53. The lowest BCUT2D eigenvalue weighted by Gasteiger charge is -2.09. The quantitative estimate of drug-likeness (QED) is 0.685. The summed E-state index contributed by atoms with van der Waals surface area (Å²) in [6, 6.07) is 7.34. The first-order chi connectivity index (χ1) is 9.52. The molecule has 0 unspecified atom stereocenters. The Morgan fingerprint density at radius 3 is 2.55 bits per heavy atom. The largest absolute Gasteiger partial charge is 0.450 e. The van der Waals surface area contributed by atoms with E-state index in [-0.39, 0.29) is 22.9 Å². The van der Waals surface area contributed by atoms with Crippen molar-refractivity contribution >= 4 is 11.4 Å². The number of para-hydroxylation sites is 1. The number of hydrogen-bond acceptors (Lipinski definition) is 4. The van der Waals surface area contributed by atoms with Crippen LogP contribution in [0.4, 0.5) is 20.2 Å². The predicted octanol–water partition coefficient (Wildman–Crippen LogP) is 3.71. The van der Waals surface area contributed by atoms with E-state index in [0.717, 1.165) is 12.1 Å². The highest BCUT2D eigenvalue weighted by Crippen LogP contribution is 2.37. The van der Waals surface area contributed by atoms with Gasteiger partial charge in [-0.15, -0.1) is 0 Å². The van der Waals surface area contributed by atoms with Crippen molar-refractivity contribution in [3.05, 3.63) is 58.1 Å². The minimum absolute atomic E-state index is 0.0275. The van der Waals surface area contributed by atoms with Crippen LogP contribution < -0.4 is 10.1 Å². The van der Waals surface area contributed by atoms with E-state index >= 15 is 0 Å². The zero-order valence-electron chi connectivity index (χ0n) is 10.4. The molecule has 104 valence electrons. The zero-order chi connectivity index (χ0) is 14.7. The summed E-state index contributed by atoms with van der Waals surface area (Å²) in [6.45, 7) is 0. The van der Waals surface area contributed by atoms with E-state index in [9.17, 15) is 18.9 Å². The standard InChI is InChI=1S/C13H10F2N2O3/c1-16-11-3-2-4-12(13(11)17(18)19)20-8-5-6-9(14)10(15)7-8/h2-7,16H,1H3. The van der Waals surface area contributed by atoms with Crippen LogP contribution in [0, 0.1) is 21.7 Å². The van der Waals surface area contributed by atoms with Crippen molar-refractivity contribution in [3.63, 3.8) is 0 Å². The molecule has 0 aliphatic carbocycles. The van der Waals surface area contributed by atoms with E-state index in [0.29, 0.717) is 0 Å². The first-order valence-corrected chi connectivity index (χ1v) is 5.61. The maximum Gasteiger partial charge on any atom is 0.334 e. The molecule has 0 saturated carbocycles. The van der Waals surface area contributed by atoms with Gasteiger partial charge in [-0.25, -0.2) is 8.78 Å². The van der Waals surface area contributed by atoms with E-state index in [4.69, 9.17) is 4.74 Å². The van der Waals surface area contributed by atoms with E-state index in [1.807, 2.05) is 0 Å². The number of ether oxygens (including phenoxy) is 1. The zero-order valence-corrected chi connectivity index (χ0v) is 10.4. The lowest BCUT2D eigenvalue weighted by atomic mass is 10.2. The second kappa shape index (κ2) is 5.52. The topological polar surface area (TPSA) is 64.4 Å². The molecule has 0 aromatic heterocycles. The Balaban J connectivity index is 2.42. The van der Waals surface area contributed by atoms with Crippen LogP contribution in [0.15, 0.2) is 36.4 Å². The Morgan fingerprint density at radius 2 is 1.95 bits per heavy atom. The van der Waals surface area contributed by atoms with Gasteiger partial charge in [0.15, 0.2) is 11.6 Å². The van der Waals surface area contributed by atoms with Crippen molar-refractivity contribution in [1.82, 2.24) is 0 Å². The third-order valence-corrected chi connectivity index (χ3v) is 2.57. The van der Waals surface area contributed by atoms with Crippen LogP contribution >= 0.6 is 0 Å². The van der Waals surface area contributed by atoms with Crippen LogP contribution in [0.1, 0.15) is 0 Å². The lowest BCUT2D eigenvalue weighted by Crippen LogP contribution is -1.99. The number of anilines is 1. The van der Waals surface area contributed by atoms with Gasteiger partial charge in [0.1, 0.15) is 11.4 Å². The second-order valence-corrected chi connectivity index (χ2v) is 3.84. The summed E-state index contributed by atoms with van der Waals surface area (Å²) in [5, 5.41) is 13.7. The summed E-state index contributed by atoms with van der Waals surface area (Å²) >= 11 is 0. The second-order valence-electron chi connectivity index (χ2n) is 3.84. The van der Waals surface area contributed by atoms with Crippen molar-refractivity contribution in [2.24, 2.45) is 0 Å². The van der Waals surface area contributed by atoms with Crippen LogP contribution in [-0.4, -0.2) is 12.0 Å². The first-order valence-electron chi connectivity index (χ1n) is 5.61. The molecule has 0 spiro atoms. The molecule has 0 fully saturated rings. The van der Waals surface area contributed by atoms with Crippen molar-refractivity contribution in [3.8, 4) is 11.5 Å². The van der Waals surface area contributed by atoms with Gasteiger partial charge in [-0.05, 0) is 24.3 Å². The van der Waals surface area contributed by atoms with Gasteiger partial charge in [0.2, 0.25) is 5.75 Å². The Morgan fingerprint density at radius 1 is 1.20 bits per heavy atom. The van der Waals surface area contributed by atoms with Crippen molar-refractivity contribution in [2.75, 3.05) is 12.4 Å². The summed E-state index contributed by atoms with van der Waals surface area (Å²) in [5.74, 6) is -2.20. The number of nitro benzene ring substituents is 1. The van der Waals surface area contributed by atoms with Gasteiger partial charge >= 0.3 is 5.69 Å². The highest BCUT2D eigenvalue weighted by Gasteiger charge is 2.21. The lowest BCUT2D eigenvalue weighted by molar-refractivity contribution is -0.384. The van der Waals surface area contributed by atoms with Crippen LogP contribution in [-0.2, 0) is 0 Å². The van der Waals surface area contributed by atoms with E-state index < -0.39 is 16.6 Å². The molecule has 0 bridgehead atoms. The molecule has 0 amide bonds. The van der Waals surface area contributed by atoms with Gasteiger partial charge in [-0.2, -0.15) is 0 Å². The summed E-state index contributed by atoms with van der Waals surface area (Å²) in [6.07, 6.45) is 0. The van der Waals surface area contributed by atoms with E-state index in [1.165, 1.54) is 25.2 Å². The SMILES string of the molecule is CNc1cccc(Oc2ccc(F)c(F)c2)c1[N+](=O)[O-]. The molecule has 20 heavy (non-hydrogen) atoms. The fourth-order valence-corrected chi connectivity index (χ4v) is 1.66. The fraction of sp³-hybridized carbons (Fsp3) is 0.0769. The fourth-order valence-electron chi connectivity index (χ4n) is 1.66. The molecule has 0 aliphatic heterocycles. The Labute approximate surface area is 113 Å². The maximum atomic E-state index is 13.1. The van der Waals surface area contributed by atoms with Crippen molar-refractivity contribution < 1.29 is 18.4 Å². The number of benzene rings is 2. The third-order valence-electron chi connectivity index (χ3n) is 2.57. The smallest absolute Gasteiger partial charge is 0.334 e. The van der Waals surface area contributed by atoms with Gasteiger partial charge < -0.3 is 10.1 Å². The minimum atomic E-state index is -1.09. The third kappa shape index (κ3) is 2.66. The van der Waals surface area contributed by atoms with Crippen molar-refractivity contribution in [1.29, 1.82) is 0 Å². The highest BCUT2D eigenvalue weighted by molar-refractivity contribution is 5.68. The van der Waals surface area contributed by atoms with Crippen LogP contribution in [0.25, 0.3) is 0 Å². The number of halogens is 2. The molecule has 2 rings (SSSR count). The number of nitro groups is 1. The number of hydrogen-bond donors (Lipinski definition) is 1. The molecule has 2 aromatic carbocycles. The number of nitrogens with one attached hydrogen (secondary N) is 1. The Bertz CT molecular complexity index is 662. The summed E-state index contributed by atoms with van der Waals surface area (Å²) in [4.78, 5) is 10.5. The van der Waals surface area contributed by atoms with Crippen molar-refractivity contribution in [2.45, 2.75) is 0 Å². The van der Waals surface area contributed by atoms with Crippen LogP contribution in [0.5, 0.6) is 11.5 Å². The average Bonchev–Trinajstić information content (AvgIpc) is 2.42. The molecule has 0 saturated heterocycles. The van der Waals surface area contributed by atoms with Gasteiger partial charge in [0.25, 0.3) is 0 Å². The summed E-state index contributed by atoms with van der Waals surface area (Å²) < 4.78 is 31.2. The minimum Gasteiger partial charge on any atom is -0.450 e. The normalized spacial score (nSPS) is 10.2. The van der Waals surface area contributed by atoms with E-state index in [1.54, 1.807) is 6.07 Å². The summed E-state index contributed by atoms with van der Waals surface area (Å²) in [5.41, 5.74) is -0.0187. The van der Waals surface area contributed by atoms with Crippen LogP contribution in [0.2, 0.25) is 0 Å². The van der Waals surface area contributed by atoms with E-state index in [2.05, 4.69) is 5.32 Å². The maximum absolute atomic E-state index is 13.1. The molecular weight excluding hydrogens is 270 g/mol. The molecule has 5 nitrogen and oxygen atoms in total. The predicted molar refractivity (Wildman–Crippen MR) is 69.1 cm³/mol. The molecule has 0 aliphatic rings. The van der Waals surface area contributed by atoms with Gasteiger partial charge in [-0.1, -0.05) is 6.07 Å². The Hall–Kier alpha value is -2.70. The molecule has 0 heterocycles. The molecular formula is C13H10F2N2O3. The van der Waals surface area contributed by atoms with Gasteiger partial charge in [-0.3, -0.25) is 10.1 Å². The molecule has 7 heteroatoms. The monoisotopic (exact) mass is 280 g/mol. The average molecular weight is 280 g/mol. The molecule has 1 N–H and O–H groups in total. The number of nitrogens with zero attached hydrogens (tertiary/aromatic N) is 1. The first kappa shape index (κ1) is 13.7. The van der Waals surface area contributed by atoms with Crippen LogP contribution in [0.3, 0.4) is 0 Å². The molecule has 2 aromatic rings. The van der Waals surface area contributed by atoms with Gasteiger partial charge in [0, 0.05) is 13.1 Å². The molecule has 0 radical (unpaired) electrons. The highest BCUT2D eigenvalue weighted by atomic mass is 19.2. The van der Waals surface area contributed by atoms with Gasteiger partial charge in [0.05, 0.1) is 4.92 Å².